The van der Waals surface area contributed by atoms with Crippen LogP contribution >= 0.6 is 0 Å². The Bertz CT molecular complexity index is 739. The monoisotopic (exact) mass is 310 g/mol. The maximum atomic E-state index is 12.3. The van der Waals surface area contributed by atoms with Gasteiger partial charge in [-0.1, -0.05) is 6.08 Å². The Morgan fingerprint density at radius 3 is 2.52 bits per heavy atom. The molecular weight excluding hydrogens is 292 g/mol. The van der Waals surface area contributed by atoms with E-state index in [0.717, 1.165) is 0 Å². The zero-order valence-electron chi connectivity index (χ0n) is 13.1. The van der Waals surface area contributed by atoms with E-state index in [0.29, 0.717) is 29.4 Å². The topological polar surface area (TPSA) is 84.0 Å². The molecule has 0 unspecified atom stereocenters. The summed E-state index contributed by atoms with van der Waals surface area (Å²) in [6, 6.07) is 8.27. The lowest BCUT2D eigenvalue weighted by atomic mass is 10.1. The lowest BCUT2D eigenvalue weighted by Gasteiger charge is -2.08. The minimum atomic E-state index is -0.340. The fourth-order valence-corrected chi connectivity index (χ4v) is 1.93. The molecule has 0 spiro atoms. The van der Waals surface area contributed by atoms with Crippen LogP contribution in [0.2, 0.25) is 0 Å². The fourth-order valence-electron chi connectivity index (χ4n) is 1.93. The SMILES string of the molecule is C=CCNc1cc(C(=O)Nc2ccc(C(C)=O)cc2)nc(C)n1. The van der Waals surface area contributed by atoms with Crippen molar-refractivity contribution in [2.24, 2.45) is 0 Å². The van der Waals surface area contributed by atoms with Crippen LogP contribution in [0, 0.1) is 6.92 Å². The number of aromatic nitrogens is 2. The summed E-state index contributed by atoms with van der Waals surface area (Å²) in [4.78, 5) is 31.9. The number of amides is 1. The zero-order valence-corrected chi connectivity index (χ0v) is 13.1. The quantitative estimate of drug-likeness (QED) is 0.633. The first kappa shape index (κ1) is 16.4. The van der Waals surface area contributed by atoms with Crippen LogP contribution in [0.25, 0.3) is 0 Å². The van der Waals surface area contributed by atoms with Crippen LogP contribution in [-0.2, 0) is 0 Å². The number of carbonyl (C=O) groups is 2. The van der Waals surface area contributed by atoms with E-state index >= 15 is 0 Å². The van der Waals surface area contributed by atoms with Crippen LogP contribution in [0.1, 0.15) is 33.6 Å². The number of hydrogen-bond acceptors (Lipinski definition) is 5. The second kappa shape index (κ2) is 7.31. The number of nitrogens with one attached hydrogen (secondary N) is 2. The summed E-state index contributed by atoms with van der Waals surface area (Å²) in [5.74, 6) is 0.700. The first-order valence-electron chi connectivity index (χ1n) is 7.12. The zero-order chi connectivity index (χ0) is 16.8. The summed E-state index contributed by atoms with van der Waals surface area (Å²) in [6.07, 6.45) is 1.70. The van der Waals surface area contributed by atoms with E-state index < -0.39 is 0 Å². The van der Waals surface area contributed by atoms with Crippen LogP contribution < -0.4 is 10.6 Å². The third kappa shape index (κ3) is 4.47. The molecule has 6 nitrogen and oxygen atoms in total. The van der Waals surface area contributed by atoms with E-state index in [2.05, 4.69) is 27.2 Å². The first-order valence-corrected chi connectivity index (χ1v) is 7.12. The van der Waals surface area contributed by atoms with E-state index in [4.69, 9.17) is 0 Å². The highest BCUT2D eigenvalue weighted by atomic mass is 16.2. The van der Waals surface area contributed by atoms with Crippen LogP contribution in [0.15, 0.2) is 43.0 Å². The molecule has 2 rings (SSSR count). The molecule has 2 N–H and O–H groups in total. The number of nitrogens with zero attached hydrogens (tertiary/aromatic N) is 2. The van der Waals surface area contributed by atoms with Gasteiger partial charge in [0.2, 0.25) is 0 Å². The number of Topliss-reactive ketones (excluding diaryl/α,β-unsaturated/α-hetero) is 1. The molecule has 118 valence electrons. The number of ketones is 1. The highest BCUT2D eigenvalue weighted by Gasteiger charge is 2.11. The van der Waals surface area contributed by atoms with Gasteiger partial charge in [0.25, 0.3) is 5.91 Å². The van der Waals surface area contributed by atoms with Crippen molar-refractivity contribution in [1.82, 2.24) is 9.97 Å². The molecule has 0 saturated heterocycles. The third-order valence-electron chi connectivity index (χ3n) is 3.05. The molecule has 1 aromatic carbocycles. The largest absolute Gasteiger partial charge is 0.366 e. The number of anilines is 2. The van der Waals surface area contributed by atoms with Crippen LogP contribution in [0.3, 0.4) is 0 Å². The van der Waals surface area contributed by atoms with Gasteiger partial charge in [-0.3, -0.25) is 9.59 Å². The number of hydrogen-bond donors (Lipinski definition) is 2. The molecule has 6 heteroatoms. The minimum absolute atomic E-state index is 0.0211. The summed E-state index contributed by atoms with van der Waals surface area (Å²) in [5, 5.41) is 5.77. The van der Waals surface area contributed by atoms with E-state index in [1.165, 1.54) is 6.92 Å². The Hall–Kier alpha value is -3.02. The van der Waals surface area contributed by atoms with E-state index in [9.17, 15) is 9.59 Å². The molecule has 0 atom stereocenters. The number of carbonyl (C=O) groups excluding carboxylic acids is 2. The molecule has 23 heavy (non-hydrogen) atoms. The average Bonchev–Trinajstić information content (AvgIpc) is 2.53. The molecule has 1 amide bonds. The standard InChI is InChI=1S/C17H18N4O2/c1-4-9-18-16-10-15(19-12(3)20-16)17(23)21-14-7-5-13(6-8-14)11(2)22/h4-8,10H,1,9H2,2-3H3,(H,21,23)(H,18,19,20). The van der Waals surface area contributed by atoms with Crippen molar-refractivity contribution in [2.75, 3.05) is 17.2 Å². The fraction of sp³-hybridized carbons (Fsp3) is 0.176. The lowest BCUT2D eigenvalue weighted by Crippen LogP contribution is -2.16. The van der Waals surface area contributed by atoms with Gasteiger partial charge >= 0.3 is 0 Å². The van der Waals surface area contributed by atoms with Gasteiger partial charge in [0.15, 0.2) is 5.78 Å². The number of benzene rings is 1. The Morgan fingerprint density at radius 1 is 1.22 bits per heavy atom. The van der Waals surface area contributed by atoms with Gasteiger partial charge in [-0.25, -0.2) is 9.97 Å². The summed E-state index contributed by atoms with van der Waals surface area (Å²) in [5.41, 5.74) is 1.45. The number of aryl methyl sites for hydroxylation is 1. The smallest absolute Gasteiger partial charge is 0.274 e. The van der Waals surface area contributed by atoms with Crippen molar-refractivity contribution in [2.45, 2.75) is 13.8 Å². The molecule has 2 aromatic rings. The van der Waals surface area contributed by atoms with Crippen LogP contribution in [0.5, 0.6) is 0 Å². The molecule has 0 saturated carbocycles. The molecule has 1 aromatic heterocycles. The second-order valence-corrected chi connectivity index (χ2v) is 4.94. The second-order valence-electron chi connectivity index (χ2n) is 4.94. The van der Waals surface area contributed by atoms with Gasteiger partial charge in [0, 0.05) is 23.9 Å². The first-order chi connectivity index (χ1) is 11.0. The van der Waals surface area contributed by atoms with Crippen LogP contribution in [0.4, 0.5) is 11.5 Å². The average molecular weight is 310 g/mol. The van der Waals surface area contributed by atoms with Gasteiger partial charge < -0.3 is 10.6 Å². The normalized spacial score (nSPS) is 10.0. The van der Waals surface area contributed by atoms with Crippen molar-refractivity contribution < 1.29 is 9.59 Å². The molecule has 0 aliphatic rings. The van der Waals surface area contributed by atoms with Crippen molar-refractivity contribution in [3.05, 3.63) is 60.1 Å². The predicted octanol–water partition coefficient (Wildman–Crippen LogP) is 2.84. The van der Waals surface area contributed by atoms with Gasteiger partial charge in [-0.2, -0.15) is 0 Å². The van der Waals surface area contributed by atoms with E-state index in [1.807, 2.05) is 0 Å². The maximum Gasteiger partial charge on any atom is 0.274 e. The Morgan fingerprint density at radius 2 is 1.91 bits per heavy atom. The Kier molecular flexibility index (Phi) is 5.19. The van der Waals surface area contributed by atoms with Crippen LogP contribution in [-0.4, -0.2) is 28.2 Å². The summed E-state index contributed by atoms with van der Waals surface area (Å²) < 4.78 is 0. The maximum absolute atomic E-state index is 12.3. The molecule has 0 bridgehead atoms. The molecule has 0 radical (unpaired) electrons. The summed E-state index contributed by atoms with van der Waals surface area (Å²) in [6.45, 7) is 7.38. The van der Waals surface area contributed by atoms with Gasteiger partial charge in [-0.05, 0) is 38.1 Å². The molecule has 0 fully saturated rings. The van der Waals surface area contributed by atoms with Gasteiger partial charge in [0.1, 0.15) is 17.3 Å². The van der Waals surface area contributed by atoms with Crippen molar-refractivity contribution >= 4 is 23.2 Å². The van der Waals surface area contributed by atoms with Crippen molar-refractivity contribution in [3.8, 4) is 0 Å². The molecule has 0 aliphatic heterocycles. The molecular formula is C17H18N4O2. The lowest BCUT2D eigenvalue weighted by molar-refractivity contribution is 0.101. The summed E-state index contributed by atoms with van der Waals surface area (Å²) in [7, 11) is 0. The minimum Gasteiger partial charge on any atom is -0.366 e. The Balaban J connectivity index is 2.15. The highest BCUT2D eigenvalue weighted by molar-refractivity contribution is 6.03. The van der Waals surface area contributed by atoms with Crippen molar-refractivity contribution in [3.63, 3.8) is 0 Å². The number of rotatable bonds is 6. The highest BCUT2D eigenvalue weighted by Crippen LogP contribution is 2.13. The molecule has 0 aliphatic carbocycles. The molecule has 1 heterocycles. The van der Waals surface area contributed by atoms with Gasteiger partial charge in [0.05, 0.1) is 0 Å². The third-order valence-corrected chi connectivity index (χ3v) is 3.05. The summed E-state index contributed by atoms with van der Waals surface area (Å²) >= 11 is 0. The predicted molar refractivity (Wildman–Crippen MR) is 89.9 cm³/mol. The van der Waals surface area contributed by atoms with E-state index in [-0.39, 0.29) is 17.4 Å². The Labute approximate surface area is 134 Å². The van der Waals surface area contributed by atoms with E-state index in [1.54, 1.807) is 43.3 Å². The van der Waals surface area contributed by atoms with Crippen molar-refractivity contribution in [1.29, 1.82) is 0 Å². The van der Waals surface area contributed by atoms with Gasteiger partial charge in [-0.15, -0.1) is 6.58 Å².